The maximum absolute atomic E-state index is 5.25. The molecule has 0 amide bonds. The summed E-state index contributed by atoms with van der Waals surface area (Å²) in [5, 5.41) is 8.93. The quantitative estimate of drug-likeness (QED) is 0.444. The maximum Gasteiger partial charge on any atom is 0.187 e. The van der Waals surface area contributed by atoms with E-state index in [4.69, 9.17) is 9.72 Å². The van der Waals surface area contributed by atoms with E-state index >= 15 is 0 Å². The second-order valence-corrected chi connectivity index (χ2v) is 5.94. The van der Waals surface area contributed by atoms with E-state index in [9.17, 15) is 0 Å². The fraction of sp³-hybridized carbons (Fsp3) is 0.0952. The van der Waals surface area contributed by atoms with Gasteiger partial charge in [-0.15, -0.1) is 10.2 Å². The highest BCUT2D eigenvalue weighted by Crippen LogP contribution is 2.33. The van der Waals surface area contributed by atoms with Gasteiger partial charge in [0.05, 0.1) is 12.8 Å². The van der Waals surface area contributed by atoms with Crippen LogP contribution in [-0.2, 0) is 0 Å². The lowest BCUT2D eigenvalue weighted by molar-refractivity contribution is 0.415. The predicted molar refractivity (Wildman–Crippen MR) is 103 cm³/mol. The average Bonchev–Trinajstić information content (AvgIpc) is 3.07. The molecule has 2 aromatic heterocycles. The number of aryl methyl sites for hydroxylation is 1. The summed E-state index contributed by atoms with van der Waals surface area (Å²) in [6, 6.07) is 21.6. The molecule has 0 aliphatic heterocycles. The number of imidazole rings is 1. The molecule has 128 valence electrons. The summed E-state index contributed by atoms with van der Waals surface area (Å²) in [5.41, 5.74) is 4.52. The van der Waals surface area contributed by atoms with E-state index < -0.39 is 0 Å². The second kappa shape index (κ2) is 6.80. The summed E-state index contributed by atoms with van der Waals surface area (Å²) >= 11 is 0. The van der Waals surface area contributed by atoms with Gasteiger partial charge < -0.3 is 4.74 Å². The van der Waals surface area contributed by atoms with E-state index in [-0.39, 0.29) is 0 Å². The molecule has 4 rings (SSSR count). The fourth-order valence-corrected chi connectivity index (χ4v) is 2.85. The molecule has 0 N–H and O–H groups in total. The number of rotatable bonds is 4. The molecule has 4 aromatic rings. The summed E-state index contributed by atoms with van der Waals surface area (Å²) in [4.78, 5) is 4.81. The Hall–Kier alpha value is -3.47. The number of hydrogen-bond donors (Lipinski definition) is 0. The first kappa shape index (κ1) is 16.0. The summed E-state index contributed by atoms with van der Waals surface area (Å²) in [7, 11) is 1.64. The first-order valence-corrected chi connectivity index (χ1v) is 8.35. The third-order valence-electron chi connectivity index (χ3n) is 4.18. The molecule has 0 bridgehead atoms. The molecule has 5 heteroatoms. The van der Waals surface area contributed by atoms with Gasteiger partial charge in [0.1, 0.15) is 17.1 Å². The third-order valence-corrected chi connectivity index (χ3v) is 4.18. The number of azo groups is 1. The highest BCUT2D eigenvalue weighted by Gasteiger charge is 2.14. The van der Waals surface area contributed by atoms with E-state index in [0.717, 1.165) is 33.9 Å². The van der Waals surface area contributed by atoms with Crippen molar-refractivity contribution in [3.63, 3.8) is 0 Å². The van der Waals surface area contributed by atoms with Crippen LogP contribution < -0.4 is 4.74 Å². The van der Waals surface area contributed by atoms with Crippen molar-refractivity contribution in [3.05, 3.63) is 78.5 Å². The van der Waals surface area contributed by atoms with Crippen molar-refractivity contribution in [1.82, 2.24) is 9.38 Å². The molecule has 0 fully saturated rings. The van der Waals surface area contributed by atoms with E-state index in [2.05, 4.69) is 10.2 Å². The molecule has 0 aliphatic carbocycles. The average molecular weight is 342 g/mol. The minimum atomic E-state index is 0.706. The Morgan fingerprint density at radius 3 is 2.58 bits per heavy atom. The van der Waals surface area contributed by atoms with Crippen LogP contribution in [0.5, 0.6) is 5.75 Å². The van der Waals surface area contributed by atoms with Crippen molar-refractivity contribution in [2.75, 3.05) is 7.11 Å². The zero-order valence-corrected chi connectivity index (χ0v) is 14.6. The number of nitrogens with zero attached hydrogens (tertiary/aromatic N) is 4. The monoisotopic (exact) mass is 342 g/mol. The molecular formula is C21H18N4O. The number of methoxy groups -OCH3 is 1. The molecule has 0 radical (unpaired) electrons. The number of ether oxygens (including phenoxy) is 1. The van der Waals surface area contributed by atoms with Crippen LogP contribution in [0, 0.1) is 6.92 Å². The molecule has 2 aromatic carbocycles. The Morgan fingerprint density at radius 2 is 1.77 bits per heavy atom. The van der Waals surface area contributed by atoms with Crippen molar-refractivity contribution < 1.29 is 4.74 Å². The van der Waals surface area contributed by atoms with Gasteiger partial charge in [0, 0.05) is 17.8 Å². The summed E-state index contributed by atoms with van der Waals surface area (Å²) in [6.07, 6.45) is 1.96. The zero-order chi connectivity index (χ0) is 17.9. The van der Waals surface area contributed by atoms with Crippen molar-refractivity contribution in [3.8, 4) is 17.0 Å². The standard InChI is InChI=1S/C21H18N4O/c1-15-8-7-13-25-20(15)22-19(16-9-4-3-5-10-16)21(25)24-23-17-11-6-12-18(14-17)26-2/h3-14H,1-2H3. The van der Waals surface area contributed by atoms with Crippen molar-refractivity contribution >= 4 is 17.2 Å². The molecule has 0 atom stereocenters. The molecular weight excluding hydrogens is 324 g/mol. The number of benzene rings is 2. The number of aromatic nitrogens is 2. The number of hydrogen-bond acceptors (Lipinski definition) is 4. The van der Waals surface area contributed by atoms with E-state index in [1.165, 1.54) is 0 Å². The largest absolute Gasteiger partial charge is 0.497 e. The van der Waals surface area contributed by atoms with Gasteiger partial charge in [-0.25, -0.2) is 4.98 Å². The first-order valence-electron chi connectivity index (χ1n) is 8.35. The van der Waals surface area contributed by atoms with Crippen LogP contribution in [0.3, 0.4) is 0 Å². The summed E-state index contributed by atoms with van der Waals surface area (Å²) in [5.74, 6) is 1.46. The Balaban J connectivity index is 1.87. The Bertz CT molecular complexity index is 1080. The van der Waals surface area contributed by atoms with Gasteiger partial charge in [0.2, 0.25) is 0 Å². The van der Waals surface area contributed by atoms with Crippen molar-refractivity contribution in [1.29, 1.82) is 0 Å². The molecule has 0 spiro atoms. The Kier molecular flexibility index (Phi) is 4.19. The molecule has 5 nitrogen and oxygen atoms in total. The predicted octanol–water partition coefficient (Wildman–Crippen LogP) is 5.73. The molecule has 26 heavy (non-hydrogen) atoms. The lowest BCUT2D eigenvalue weighted by atomic mass is 10.1. The van der Waals surface area contributed by atoms with Crippen LogP contribution >= 0.6 is 0 Å². The summed E-state index contributed by atoms with van der Waals surface area (Å²) < 4.78 is 7.23. The molecule has 0 saturated carbocycles. The van der Waals surface area contributed by atoms with Gasteiger partial charge >= 0.3 is 0 Å². The normalized spacial score (nSPS) is 11.3. The van der Waals surface area contributed by atoms with Gasteiger partial charge in [-0.1, -0.05) is 42.5 Å². The van der Waals surface area contributed by atoms with Crippen LogP contribution in [0.4, 0.5) is 11.5 Å². The third kappa shape index (κ3) is 2.95. The van der Waals surface area contributed by atoms with Gasteiger partial charge in [-0.05, 0) is 30.7 Å². The molecule has 0 aliphatic rings. The minimum absolute atomic E-state index is 0.706. The highest BCUT2D eigenvalue weighted by atomic mass is 16.5. The van der Waals surface area contributed by atoms with Crippen LogP contribution in [0.25, 0.3) is 16.9 Å². The Labute approximate surface area is 151 Å². The zero-order valence-electron chi connectivity index (χ0n) is 14.6. The van der Waals surface area contributed by atoms with Gasteiger partial charge in [-0.3, -0.25) is 4.40 Å². The highest BCUT2D eigenvalue weighted by molar-refractivity contribution is 5.75. The van der Waals surface area contributed by atoms with Crippen LogP contribution in [-0.4, -0.2) is 16.5 Å². The number of fused-ring (bicyclic) bond motifs is 1. The van der Waals surface area contributed by atoms with Gasteiger partial charge in [-0.2, -0.15) is 0 Å². The molecule has 2 heterocycles. The first-order chi connectivity index (χ1) is 12.8. The van der Waals surface area contributed by atoms with E-state index in [0.29, 0.717) is 5.82 Å². The van der Waals surface area contributed by atoms with Gasteiger partial charge in [0.25, 0.3) is 0 Å². The fourth-order valence-electron chi connectivity index (χ4n) is 2.85. The Morgan fingerprint density at radius 1 is 0.923 bits per heavy atom. The van der Waals surface area contributed by atoms with Crippen LogP contribution in [0.1, 0.15) is 5.56 Å². The maximum atomic E-state index is 5.25. The topological polar surface area (TPSA) is 51.2 Å². The van der Waals surface area contributed by atoms with Crippen molar-refractivity contribution in [2.45, 2.75) is 6.92 Å². The number of pyridine rings is 1. The van der Waals surface area contributed by atoms with E-state index in [1.807, 2.05) is 84.3 Å². The molecule has 0 saturated heterocycles. The minimum Gasteiger partial charge on any atom is -0.497 e. The SMILES string of the molecule is COc1cccc(N=Nc2c(-c3ccccc3)nc3c(C)cccn23)c1. The second-order valence-electron chi connectivity index (χ2n) is 5.94. The van der Waals surface area contributed by atoms with Crippen molar-refractivity contribution in [2.24, 2.45) is 10.2 Å². The van der Waals surface area contributed by atoms with E-state index in [1.54, 1.807) is 7.11 Å². The smallest absolute Gasteiger partial charge is 0.187 e. The lowest BCUT2D eigenvalue weighted by Crippen LogP contribution is -1.85. The molecule has 0 unspecified atom stereocenters. The van der Waals surface area contributed by atoms with Crippen LogP contribution in [0.2, 0.25) is 0 Å². The lowest BCUT2D eigenvalue weighted by Gasteiger charge is -2.01. The van der Waals surface area contributed by atoms with Gasteiger partial charge in [0.15, 0.2) is 5.82 Å². The van der Waals surface area contributed by atoms with Crippen LogP contribution in [0.15, 0.2) is 83.2 Å². The summed E-state index contributed by atoms with van der Waals surface area (Å²) in [6.45, 7) is 2.04.